The minimum atomic E-state index is -3.33. The molecule has 31 heavy (non-hydrogen) atoms. The fourth-order valence-corrected chi connectivity index (χ4v) is 5.19. The molecule has 0 spiro atoms. The molecule has 1 aliphatic heterocycles. The van der Waals surface area contributed by atoms with Crippen molar-refractivity contribution in [1.29, 1.82) is 0 Å². The molecule has 1 aromatic heterocycles. The number of nitrogens with two attached hydrogens (primary N) is 1. The molecule has 0 aliphatic carbocycles. The van der Waals surface area contributed by atoms with Crippen LogP contribution in [0.15, 0.2) is 48.5 Å². The van der Waals surface area contributed by atoms with Gasteiger partial charge in [-0.15, -0.1) is 0 Å². The van der Waals surface area contributed by atoms with Gasteiger partial charge in [0.05, 0.1) is 17.6 Å². The predicted molar refractivity (Wildman–Crippen MR) is 125 cm³/mol. The van der Waals surface area contributed by atoms with Gasteiger partial charge in [-0.05, 0) is 48.6 Å². The zero-order valence-corrected chi connectivity index (χ0v) is 18.8. The van der Waals surface area contributed by atoms with Crippen LogP contribution >= 0.6 is 0 Å². The Morgan fingerprint density at radius 3 is 2.58 bits per heavy atom. The zero-order valence-electron chi connectivity index (χ0n) is 18.0. The van der Waals surface area contributed by atoms with E-state index in [1.165, 1.54) is 4.31 Å². The summed E-state index contributed by atoms with van der Waals surface area (Å²) in [5.41, 5.74) is 9.84. The highest BCUT2D eigenvalue weighted by Gasteiger charge is 2.29. The standard InChI is InChI=1S/C22H30N6O2S/c1-26(2)31(29,30)27-12-10-17(11-13-27)15-24-22-25-20-8-3-4-9-21(20)28(22)16-18-6-5-7-19(23)14-18/h3-9,14,17H,10-13,15-16,23H2,1-2H3,(H,24,25). The lowest BCUT2D eigenvalue weighted by atomic mass is 9.98. The van der Waals surface area contributed by atoms with E-state index in [0.717, 1.165) is 47.6 Å². The average molecular weight is 443 g/mol. The second-order valence-electron chi connectivity index (χ2n) is 8.27. The van der Waals surface area contributed by atoms with Crippen LogP contribution in [0.5, 0.6) is 0 Å². The van der Waals surface area contributed by atoms with Crippen LogP contribution in [-0.2, 0) is 16.8 Å². The maximum Gasteiger partial charge on any atom is 0.281 e. The third-order valence-electron chi connectivity index (χ3n) is 5.86. The molecule has 9 heteroatoms. The molecular formula is C22H30N6O2S. The predicted octanol–water partition coefficient (Wildman–Crippen LogP) is 2.60. The summed E-state index contributed by atoms with van der Waals surface area (Å²) < 4.78 is 29.7. The highest BCUT2D eigenvalue weighted by atomic mass is 32.2. The molecule has 1 saturated heterocycles. The number of benzene rings is 2. The summed E-state index contributed by atoms with van der Waals surface area (Å²) in [5.74, 6) is 1.22. The lowest BCUT2D eigenvalue weighted by molar-refractivity contribution is 0.270. The van der Waals surface area contributed by atoms with Gasteiger partial charge in [-0.1, -0.05) is 24.3 Å². The van der Waals surface area contributed by atoms with Crippen LogP contribution in [0.4, 0.5) is 11.6 Å². The summed E-state index contributed by atoms with van der Waals surface area (Å²) in [6, 6.07) is 16.0. The van der Waals surface area contributed by atoms with Crippen LogP contribution in [-0.4, -0.2) is 60.3 Å². The summed E-state index contributed by atoms with van der Waals surface area (Å²) in [4.78, 5) is 4.80. The first-order valence-corrected chi connectivity index (χ1v) is 12.0. The summed E-state index contributed by atoms with van der Waals surface area (Å²) in [6.45, 7) is 2.53. The molecule has 4 rings (SSSR count). The maximum absolute atomic E-state index is 12.3. The van der Waals surface area contributed by atoms with Gasteiger partial charge in [0.15, 0.2) is 0 Å². The second kappa shape index (κ2) is 8.86. The minimum absolute atomic E-state index is 0.397. The zero-order chi connectivity index (χ0) is 22.0. The number of rotatable bonds is 7. The lowest BCUT2D eigenvalue weighted by Crippen LogP contribution is -2.45. The number of piperidine rings is 1. The Kier molecular flexibility index (Phi) is 6.17. The molecule has 1 fully saturated rings. The van der Waals surface area contributed by atoms with E-state index in [1.807, 2.05) is 36.4 Å². The number of nitrogen functional groups attached to an aromatic ring is 1. The van der Waals surface area contributed by atoms with Crippen LogP contribution in [0.3, 0.4) is 0 Å². The van der Waals surface area contributed by atoms with Crippen LogP contribution in [0.2, 0.25) is 0 Å². The van der Waals surface area contributed by atoms with E-state index < -0.39 is 10.2 Å². The van der Waals surface area contributed by atoms with Crippen LogP contribution in [0, 0.1) is 5.92 Å². The molecule has 0 atom stereocenters. The first-order chi connectivity index (χ1) is 14.8. The van der Waals surface area contributed by atoms with Crippen molar-refractivity contribution in [3.05, 3.63) is 54.1 Å². The molecule has 0 unspecified atom stereocenters. The highest BCUT2D eigenvalue weighted by molar-refractivity contribution is 7.86. The van der Waals surface area contributed by atoms with E-state index >= 15 is 0 Å². The molecular weight excluding hydrogens is 412 g/mol. The van der Waals surface area contributed by atoms with E-state index in [2.05, 4.69) is 22.0 Å². The van der Waals surface area contributed by atoms with Gasteiger partial charge in [-0.2, -0.15) is 17.0 Å². The topological polar surface area (TPSA) is 96.5 Å². The van der Waals surface area contributed by atoms with Crippen molar-refractivity contribution in [3.8, 4) is 0 Å². The quantitative estimate of drug-likeness (QED) is 0.548. The molecule has 0 bridgehead atoms. The molecule has 3 aromatic rings. The van der Waals surface area contributed by atoms with Gasteiger partial charge in [0.1, 0.15) is 0 Å². The van der Waals surface area contributed by atoms with Crippen LogP contribution in [0.25, 0.3) is 11.0 Å². The molecule has 0 radical (unpaired) electrons. The number of imidazole rings is 1. The fourth-order valence-electron chi connectivity index (χ4n) is 4.06. The van der Waals surface area contributed by atoms with E-state index in [4.69, 9.17) is 10.7 Å². The van der Waals surface area contributed by atoms with Crippen LogP contribution < -0.4 is 11.1 Å². The largest absolute Gasteiger partial charge is 0.399 e. The third kappa shape index (κ3) is 4.68. The second-order valence-corrected chi connectivity index (χ2v) is 10.4. The maximum atomic E-state index is 12.3. The number of hydrogen-bond donors (Lipinski definition) is 2. The van der Waals surface area contributed by atoms with E-state index in [1.54, 1.807) is 18.4 Å². The Labute approximate surface area is 183 Å². The van der Waals surface area contributed by atoms with Gasteiger partial charge >= 0.3 is 0 Å². The first kappa shape index (κ1) is 21.6. The molecule has 8 nitrogen and oxygen atoms in total. The van der Waals surface area contributed by atoms with Crippen molar-refractivity contribution in [2.45, 2.75) is 19.4 Å². The molecule has 0 amide bonds. The number of aromatic nitrogens is 2. The van der Waals surface area contributed by atoms with E-state index in [0.29, 0.717) is 25.6 Å². The van der Waals surface area contributed by atoms with Crippen molar-refractivity contribution in [2.75, 3.05) is 44.8 Å². The number of para-hydroxylation sites is 2. The summed E-state index contributed by atoms with van der Waals surface area (Å²) in [6.07, 6.45) is 1.66. The SMILES string of the molecule is CN(C)S(=O)(=O)N1CCC(CNc2nc3ccccc3n2Cc2cccc(N)c2)CC1. The van der Waals surface area contributed by atoms with Gasteiger partial charge in [0.2, 0.25) is 5.95 Å². The van der Waals surface area contributed by atoms with Gasteiger partial charge in [0, 0.05) is 39.4 Å². The minimum Gasteiger partial charge on any atom is -0.399 e. The molecule has 0 saturated carbocycles. The number of nitrogens with zero attached hydrogens (tertiary/aromatic N) is 4. The number of nitrogens with one attached hydrogen (secondary N) is 1. The Bertz CT molecular complexity index is 1150. The van der Waals surface area contributed by atoms with Crippen molar-refractivity contribution < 1.29 is 8.42 Å². The van der Waals surface area contributed by atoms with E-state index in [-0.39, 0.29) is 0 Å². The molecule has 1 aliphatic rings. The van der Waals surface area contributed by atoms with Gasteiger partial charge in [0.25, 0.3) is 10.2 Å². The Balaban J connectivity index is 1.47. The van der Waals surface area contributed by atoms with Gasteiger partial charge in [-0.25, -0.2) is 4.98 Å². The molecule has 166 valence electrons. The van der Waals surface area contributed by atoms with E-state index in [9.17, 15) is 8.42 Å². The average Bonchev–Trinajstić information content (AvgIpc) is 3.10. The number of hydrogen-bond acceptors (Lipinski definition) is 5. The van der Waals surface area contributed by atoms with Crippen molar-refractivity contribution in [2.24, 2.45) is 5.92 Å². The summed E-state index contributed by atoms with van der Waals surface area (Å²) >= 11 is 0. The Hall–Kier alpha value is -2.62. The Morgan fingerprint density at radius 1 is 1.13 bits per heavy atom. The molecule has 3 N–H and O–H groups in total. The van der Waals surface area contributed by atoms with Gasteiger partial charge in [-0.3, -0.25) is 0 Å². The summed E-state index contributed by atoms with van der Waals surface area (Å²) in [7, 11) is -0.179. The van der Waals surface area contributed by atoms with Crippen molar-refractivity contribution in [3.63, 3.8) is 0 Å². The number of fused-ring (bicyclic) bond motifs is 1. The van der Waals surface area contributed by atoms with Crippen molar-refractivity contribution in [1.82, 2.24) is 18.2 Å². The first-order valence-electron chi connectivity index (χ1n) is 10.6. The Morgan fingerprint density at radius 2 is 1.87 bits per heavy atom. The number of anilines is 2. The lowest BCUT2D eigenvalue weighted by Gasteiger charge is -2.32. The highest BCUT2D eigenvalue weighted by Crippen LogP contribution is 2.24. The van der Waals surface area contributed by atoms with Crippen molar-refractivity contribution >= 4 is 32.9 Å². The summed E-state index contributed by atoms with van der Waals surface area (Å²) in [5, 5.41) is 3.53. The molecule has 2 aromatic carbocycles. The fraction of sp³-hybridized carbons (Fsp3) is 0.409. The van der Waals surface area contributed by atoms with Gasteiger partial charge < -0.3 is 15.6 Å². The third-order valence-corrected chi connectivity index (χ3v) is 7.80. The smallest absolute Gasteiger partial charge is 0.281 e. The van der Waals surface area contributed by atoms with Crippen LogP contribution in [0.1, 0.15) is 18.4 Å². The molecule has 2 heterocycles. The monoisotopic (exact) mass is 442 g/mol. The normalized spacial score (nSPS) is 16.2.